The highest BCUT2D eigenvalue weighted by molar-refractivity contribution is 8.00. The summed E-state index contributed by atoms with van der Waals surface area (Å²) < 4.78 is 15.4. The number of amides is 2. The van der Waals surface area contributed by atoms with Crippen LogP contribution in [0.25, 0.3) is 0 Å². The highest BCUT2D eigenvalue weighted by Crippen LogP contribution is 2.22. The highest BCUT2D eigenvalue weighted by atomic mass is 32.2. The maximum atomic E-state index is 12.5. The smallest absolute Gasteiger partial charge is 0.341 e. The molecular weight excluding hydrogens is 458 g/mol. The fourth-order valence-electron chi connectivity index (χ4n) is 2.80. The van der Waals surface area contributed by atoms with Crippen LogP contribution in [0.4, 0.5) is 11.4 Å². The molecule has 0 bridgehead atoms. The molecule has 2 amide bonds. The Morgan fingerprint density at radius 3 is 2.09 bits per heavy atom. The van der Waals surface area contributed by atoms with Crippen molar-refractivity contribution in [3.05, 3.63) is 72.4 Å². The van der Waals surface area contributed by atoms with Crippen LogP contribution < -0.4 is 20.1 Å². The number of carbonyl (C=O) groups is 3. The number of aromatic nitrogens is 1. The molecule has 0 unspecified atom stereocenters. The number of methoxy groups -OCH3 is 2. The van der Waals surface area contributed by atoms with E-state index in [9.17, 15) is 14.4 Å². The topological polar surface area (TPSA) is 116 Å². The van der Waals surface area contributed by atoms with Crippen molar-refractivity contribution < 1.29 is 28.6 Å². The molecule has 0 atom stereocenters. The predicted molar refractivity (Wildman–Crippen MR) is 128 cm³/mol. The van der Waals surface area contributed by atoms with E-state index in [1.54, 1.807) is 61.7 Å². The summed E-state index contributed by atoms with van der Waals surface area (Å²) in [5, 5.41) is 5.71. The van der Waals surface area contributed by atoms with E-state index in [0.717, 1.165) is 11.8 Å². The zero-order valence-electron chi connectivity index (χ0n) is 18.6. The Labute approximate surface area is 200 Å². The SMILES string of the molecule is COc1cccc(NC(=O)COC(=O)c2cccnc2SCC(=O)Nc2cccc(OC)c2)c1. The van der Waals surface area contributed by atoms with E-state index in [1.807, 2.05) is 0 Å². The van der Waals surface area contributed by atoms with Crippen molar-refractivity contribution in [1.29, 1.82) is 0 Å². The summed E-state index contributed by atoms with van der Waals surface area (Å²) in [5.41, 5.74) is 1.27. The zero-order valence-corrected chi connectivity index (χ0v) is 19.4. The van der Waals surface area contributed by atoms with Crippen LogP contribution in [0.1, 0.15) is 10.4 Å². The van der Waals surface area contributed by atoms with Crippen molar-refractivity contribution in [2.45, 2.75) is 5.03 Å². The maximum Gasteiger partial charge on any atom is 0.341 e. The van der Waals surface area contributed by atoms with Gasteiger partial charge in [-0.15, -0.1) is 0 Å². The monoisotopic (exact) mass is 481 g/mol. The molecule has 3 rings (SSSR count). The van der Waals surface area contributed by atoms with Crippen LogP contribution in [0.3, 0.4) is 0 Å². The summed E-state index contributed by atoms with van der Waals surface area (Å²) in [7, 11) is 3.07. The van der Waals surface area contributed by atoms with Crippen LogP contribution in [0, 0.1) is 0 Å². The van der Waals surface area contributed by atoms with Crippen molar-refractivity contribution >= 4 is 40.9 Å². The van der Waals surface area contributed by atoms with E-state index in [2.05, 4.69) is 15.6 Å². The van der Waals surface area contributed by atoms with Gasteiger partial charge in [-0.05, 0) is 36.4 Å². The number of esters is 1. The average Bonchev–Trinajstić information content (AvgIpc) is 2.86. The van der Waals surface area contributed by atoms with Crippen LogP contribution in [-0.4, -0.2) is 49.3 Å². The highest BCUT2D eigenvalue weighted by Gasteiger charge is 2.17. The second-order valence-corrected chi connectivity index (χ2v) is 7.75. The average molecular weight is 482 g/mol. The first kappa shape index (κ1) is 24.6. The lowest BCUT2D eigenvalue weighted by Gasteiger charge is -2.10. The first-order valence-corrected chi connectivity index (χ1v) is 11.1. The predicted octanol–water partition coefficient (Wildman–Crippen LogP) is 3.63. The van der Waals surface area contributed by atoms with Gasteiger partial charge >= 0.3 is 5.97 Å². The number of hydrogen-bond donors (Lipinski definition) is 2. The molecule has 0 saturated heterocycles. The molecule has 1 aromatic heterocycles. The second kappa shape index (κ2) is 12.3. The largest absolute Gasteiger partial charge is 0.497 e. The minimum absolute atomic E-state index is 0.0187. The number of thioether (sulfide) groups is 1. The first-order valence-electron chi connectivity index (χ1n) is 10.1. The lowest BCUT2D eigenvalue weighted by Crippen LogP contribution is -2.21. The Kier molecular flexibility index (Phi) is 8.87. The van der Waals surface area contributed by atoms with Gasteiger partial charge in [0.1, 0.15) is 16.5 Å². The standard InChI is InChI=1S/C24H23N3O6S/c1-31-18-8-3-6-16(12-18)26-21(28)14-33-24(30)20-10-5-11-25-23(20)34-15-22(29)27-17-7-4-9-19(13-17)32-2/h3-13H,14-15H2,1-2H3,(H,26,28)(H,27,29). The quantitative estimate of drug-likeness (QED) is 0.333. The van der Waals surface area contributed by atoms with Crippen LogP contribution in [0.2, 0.25) is 0 Å². The van der Waals surface area contributed by atoms with Gasteiger partial charge in [0.25, 0.3) is 5.91 Å². The Morgan fingerprint density at radius 2 is 1.47 bits per heavy atom. The van der Waals surface area contributed by atoms with Crippen molar-refractivity contribution in [1.82, 2.24) is 4.98 Å². The van der Waals surface area contributed by atoms with Gasteiger partial charge in [-0.3, -0.25) is 9.59 Å². The Morgan fingerprint density at radius 1 is 0.853 bits per heavy atom. The molecule has 0 aliphatic rings. The molecule has 10 heteroatoms. The Bertz CT molecular complexity index is 1170. The number of ether oxygens (including phenoxy) is 3. The summed E-state index contributed by atoms with van der Waals surface area (Å²) in [6.07, 6.45) is 1.51. The lowest BCUT2D eigenvalue weighted by atomic mass is 10.3. The molecule has 1 heterocycles. The van der Waals surface area contributed by atoms with Gasteiger partial charge in [-0.2, -0.15) is 0 Å². The summed E-state index contributed by atoms with van der Waals surface area (Å²) in [5.74, 6) is -0.272. The van der Waals surface area contributed by atoms with E-state index in [4.69, 9.17) is 14.2 Å². The molecule has 0 spiro atoms. The molecule has 9 nitrogen and oxygen atoms in total. The molecule has 2 N–H and O–H groups in total. The molecule has 3 aromatic rings. The third-order valence-electron chi connectivity index (χ3n) is 4.37. The molecule has 0 saturated carbocycles. The summed E-state index contributed by atoms with van der Waals surface area (Å²) in [6, 6.07) is 16.9. The van der Waals surface area contributed by atoms with E-state index in [-0.39, 0.29) is 17.2 Å². The van der Waals surface area contributed by atoms with Crippen molar-refractivity contribution in [3.8, 4) is 11.5 Å². The second-order valence-electron chi connectivity index (χ2n) is 6.78. The summed E-state index contributed by atoms with van der Waals surface area (Å²) in [4.78, 5) is 41.2. The van der Waals surface area contributed by atoms with Gasteiger partial charge in [-0.25, -0.2) is 9.78 Å². The van der Waals surface area contributed by atoms with Crippen LogP contribution in [0.5, 0.6) is 11.5 Å². The molecular formula is C24H23N3O6S. The van der Waals surface area contributed by atoms with Crippen molar-refractivity contribution in [2.24, 2.45) is 0 Å². The van der Waals surface area contributed by atoms with Crippen molar-refractivity contribution in [2.75, 3.05) is 37.2 Å². The number of rotatable bonds is 10. The minimum atomic E-state index is -0.718. The number of nitrogens with zero attached hydrogens (tertiary/aromatic N) is 1. The molecule has 176 valence electrons. The first-order chi connectivity index (χ1) is 16.5. The van der Waals surface area contributed by atoms with Gasteiger partial charge in [0.05, 0.1) is 25.5 Å². The molecule has 0 aliphatic heterocycles. The minimum Gasteiger partial charge on any atom is -0.497 e. The molecule has 34 heavy (non-hydrogen) atoms. The number of carbonyl (C=O) groups excluding carboxylic acids is 3. The summed E-state index contributed by atoms with van der Waals surface area (Å²) >= 11 is 1.08. The lowest BCUT2D eigenvalue weighted by molar-refractivity contribution is -0.119. The van der Waals surface area contributed by atoms with Gasteiger partial charge in [0, 0.05) is 29.7 Å². The van der Waals surface area contributed by atoms with E-state index in [1.165, 1.54) is 19.4 Å². The van der Waals surface area contributed by atoms with Gasteiger partial charge in [-0.1, -0.05) is 23.9 Å². The van der Waals surface area contributed by atoms with Crippen molar-refractivity contribution in [3.63, 3.8) is 0 Å². The third kappa shape index (κ3) is 7.24. The zero-order chi connectivity index (χ0) is 24.3. The van der Waals surface area contributed by atoms with E-state index in [0.29, 0.717) is 27.9 Å². The number of anilines is 2. The third-order valence-corrected chi connectivity index (χ3v) is 5.38. The van der Waals surface area contributed by atoms with Gasteiger partial charge in [0.2, 0.25) is 5.91 Å². The number of pyridine rings is 1. The number of benzene rings is 2. The van der Waals surface area contributed by atoms with Crippen LogP contribution in [-0.2, 0) is 14.3 Å². The van der Waals surface area contributed by atoms with Crippen LogP contribution in [0.15, 0.2) is 71.9 Å². The Balaban J connectivity index is 1.53. The number of hydrogen-bond acceptors (Lipinski definition) is 8. The number of nitrogens with one attached hydrogen (secondary N) is 2. The van der Waals surface area contributed by atoms with E-state index >= 15 is 0 Å². The van der Waals surface area contributed by atoms with Gasteiger partial charge < -0.3 is 24.8 Å². The fraction of sp³-hybridized carbons (Fsp3) is 0.167. The fourth-order valence-corrected chi connectivity index (χ4v) is 3.58. The van der Waals surface area contributed by atoms with Crippen LogP contribution >= 0.6 is 11.8 Å². The van der Waals surface area contributed by atoms with Gasteiger partial charge in [0.15, 0.2) is 6.61 Å². The van der Waals surface area contributed by atoms with E-state index < -0.39 is 18.5 Å². The molecule has 0 aliphatic carbocycles. The molecule has 0 fully saturated rings. The Hall–Kier alpha value is -4.05. The molecule has 0 radical (unpaired) electrons. The molecule has 2 aromatic carbocycles. The maximum absolute atomic E-state index is 12.5. The summed E-state index contributed by atoms with van der Waals surface area (Å²) in [6.45, 7) is -0.481. The normalized spacial score (nSPS) is 10.2.